The summed E-state index contributed by atoms with van der Waals surface area (Å²) in [7, 11) is 1.44. The maximum atomic E-state index is 11.2. The van der Waals surface area contributed by atoms with E-state index in [1.165, 1.54) is 11.9 Å². The van der Waals surface area contributed by atoms with Crippen LogP contribution >= 0.6 is 0 Å². The van der Waals surface area contributed by atoms with Crippen molar-refractivity contribution >= 4 is 17.9 Å². The lowest BCUT2D eigenvalue weighted by Gasteiger charge is -2.15. The molecule has 88 valence electrons. The van der Waals surface area contributed by atoms with E-state index in [1.54, 1.807) is 0 Å². The van der Waals surface area contributed by atoms with Crippen molar-refractivity contribution in [3.05, 3.63) is 0 Å². The third-order valence-electron chi connectivity index (χ3n) is 1.72. The highest BCUT2D eigenvalue weighted by Gasteiger charge is 2.12. The number of urea groups is 1. The van der Waals surface area contributed by atoms with Gasteiger partial charge < -0.3 is 10.0 Å². The molecule has 0 aliphatic heterocycles. The van der Waals surface area contributed by atoms with Crippen LogP contribution in [-0.2, 0) is 9.59 Å². The number of nitriles is 1. The lowest BCUT2D eigenvalue weighted by atomic mass is 10.3. The lowest BCUT2D eigenvalue weighted by molar-refractivity contribution is -0.138. The number of nitrogens with zero attached hydrogens (tertiary/aromatic N) is 2. The Bertz CT molecular complexity index is 321. The van der Waals surface area contributed by atoms with Crippen LogP contribution in [0.1, 0.15) is 19.3 Å². The van der Waals surface area contributed by atoms with E-state index < -0.39 is 17.9 Å². The minimum Gasteiger partial charge on any atom is -0.481 e. The number of rotatable bonds is 5. The lowest BCUT2D eigenvalue weighted by Crippen LogP contribution is -2.41. The predicted octanol–water partition coefficient (Wildman–Crippen LogP) is -0.0671. The maximum Gasteiger partial charge on any atom is 0.323 e. The number of aliphatic carboxylic acids is 1. The van der Waals surface area contributed by atoms with Crippen molar-refractivity contribution in [1.29, 1.82) is 5.26 Å². The van der Waals surface area contributed by atoms with Crippen molar-refractivity contribution < 1.29 is 19.5 Å². The number of hydrogen-bond acceptors (Lipinski definition) is 4. The molecule has 0 aliphatic rings. The summed E-state index contributed by atoms with van der Waals surface area (Å²) in [6.45, 7) is 0.217. The Balaban J connectivity index is 3.90. The monoisotopic (exact) mass is 227 g/mol. The van der Waals surface area contributed by atoms with E-state index in [4.69, 9.17) is 10.4 Å². The largest absolute Gasteiger partial charge is 0.481 e. The fourth-order valence-corrected chi connectivity index (χ4v) is 0.817. The molecule has 0 spiro atoms. The van der Waals surface area contributed by atoms with Crippen LogP contribution in [0.3, 0.4) is 0 Å². The predicted molar refractivity (Wildman–Crippen MR) is 53.3 cm³/mol. The maximum absolute atomic E-state index is 11.2. The molecule has 0 aliphatic carbocycles. The van der Waals surface area contributed by atoms with Gasteiger partial charge in [0.25, 0.3) is 0 Å². The second-order valence-corrected chi connectivity index (χ2v) is 3.08. The third-order valence-corrected chi connectivity index (χ3v) is 1.72. The fraction of sp³-hybridized carbons (Fsp3) is 0.556. The topological polar surface area (TPSA) is 111 Å². The third kappa shape index (κ3) is 6.37. The van der Waals surface area contributed by atoms with Crippen LogP contribution in [0, 0.1) is 11.3 Å². The van der Waals surface area contributed by atoms with Crippen LogP contribution in [-0.4, -0.2) is 41.5 Å². The van der Waals surface area contributed by atoms with Gasteiger partial charge in [0.05, 0.1) is 18.9 Å². The van der Waals surface area contributed by atoms with Crippen LogP contribution in [0.5, 0.6) is 0 Å². The molecule has 0 fully saturated rings. The van der Waals surface area contributed by atoms with Crippen LogP contribution in [0.4, 0.5) is 4.79 Å². The van der Waals surface area contributed by atoms with Crippen LogP contribution in [0.15, 0.2) is 0 Å². The van der Waals surface area contributed by atoms with E-state index in [0.29, 0.717) is 0 Å². The molecule has 0 atom stereocenters. The smallest absolute Gasteiger partial charge is 0.323 e. The molecule has 7 heteroatoms. The number of hydrogen-bond donors (Lipinski definition) is 2. The molecule has 3 amide bonds. The van der Waals surface area contributed by atoms with Crippen LogP contribution < -0.4 is 5.32 Å². The number of carbonyl (C=O) groups excluding carboxylic acids is 2. The highest BCUT2D eigenvalue weighted by molar-refractivity contribution is 5.95. The number of nitrogens with one attached hydrogen (secondary N) is 1. The molecule has 7 nitrogen and oxygen atoms in total. The first-order valence-corrected chi connectivity index (χ1v) is 4.61. The van der Waals surface area contributed by atoms with E-state index in [1.807, 2.05) is 11.4 Å². The molecule has 0 saturated carbocycles. The summed E-state index contributed by atoms with van der Waals surface area (Å²) in [4.78, 5) is 33.6. The molecule has 0 heterocycles. The Kier molecular flexibility index (Phi) is 6.28. The summed E-state index contributed by atoms with van der Waals surface area (Å²) in [5.74, 6) is -1.74. The summed E-state index contributed by atoms with van der Waals surface area (Å²) in [6.07, 6.45) is -0.387. The molecule has 2 N–H and O–H groups in total. The van der Waals surface area contributed by atoms with Gasteiger partial charge in [-0.1, -0.05) is 0 Å². The number of carboxylic acids is 1. The van der Waals surface area contributed by atoms with Crippen molar-refractivity contribution in [2.24, 2.45) is 0 Å². The number of amides is 3. The second-order valence-electron chi connectivity index (χ2n) is 3.08. The minimum absolute atomic E-state index is 0.174. The highest BCUT2D eigenvalue weighted by atomic mass is 16.4. The van der Waals surface area contributed by atoms with Gasteiger partial charge in [0, 0.05) is 20.0 Å². The quantitative estimate of drug-likeness (QED) is 0.683. The van der Waals surface area contributed by atoms with Crippen LogP contribution in [0.2, 0.25) is 0 Å². The van der Waals surface area contributed by atoms with E-state index >= 15 is 0 Å². The van der Waals surface area contributed by atoms with Gasteiger partial charge >= 0.3 is 12.0 Å². The molecule has 0 aromatic carbocycles. The Morgan fingerprint density at radius 3 is 2.50 bits per heavy atom. The average Bonchev–Trinajstić information content (AvgIpc) is 2.22. The van der Waals surface area contributed by atoms with Crippen molar-refractivity contribution in [1.82, 2.24) is 10.2 Å². The van der Waals surface area contributed by atoms with Gasteiger partial charge in [-0.2, -0.15) is 5.26 Å². The Morgan fingerprint density at radius 2 is 2.00 bits per heavy atom. The number of carbonyl (C=O) groups is 3. The molecule has 0 unspecified atom stereocenters. The normalized spacial score (nSPS) is 9.00. The van der Waals surface area contributed by atoms with Gasteiger partial charge in [0.2, 0.25) is 5.91 Å². The zero-order valence-electron chi connectivity index (χ0n) is 8.89. The van der Waals surface area contributed by atoms with Crippen molar-refractivity contribution in [3.63, 3.8) is 0 Å². The summed E-state index contributed by atoms with van der Waals surface area (Å²) in [5, 5.41) is 18.6. The number of carboxylic acid groups (broad SMARTS) is 1. The second kappa shape index (κ2) is 7.23. The van der Waals surface area contributed by atoms with Gasteiger partial charge in [-0.25, -0.2) is 4.79 Å². The Morgan fingerprint density at radius 1 is 1.38 bits per heavy atom. The van der Waals surface area contributed by atoms with Crippen LogP contribution in [0.25, 0.3) is 0 Å². The summed E-state index contributed by atoms with van der Waals surface area (Å²) in [6, 6.07) is 1.23. The molecule has 0 aromatic rings. The number of imide groups is 1. The van der Waals surface area contributed by atoms with E-state index in [-0.39, 0.29) is 25.8 Å². The zero-order valence-corrected chi connectivity index (χ0v) is 8.89. The van der Waals surface area contributed by atoms with Crippen molar-refractivity contribution in [2.45, 2.75) is 19.3 Å². The molecule has 0 bridgehead atoms. The molecule has 0 aromatic heterocycles. The highest BCUT2D eigenvalue weighted by Crippen LogP contribution is 1.91. The first-order chi connectivity index (χ1) is 7.47. The first kappa shape index (κ1) is 13.9. The average molecular weight is 227 g/mol. The van der Waals surface area contributed by atoms with Gasteiger partial charge in [-0.05, 0) is 0 Å². The fourth-order valence-electron chi connectivity index (χ4n) is 0.817. The Labute approximate surface area is 92.6 Å². The van der Waals surface area contributed by atoms with Crippen molar-refractivity contribution in [2.75, 3.05) is 13.6 Å². The Hall–Kier alpha value is -2.10. The summed E-state index contributed by atoms with van der Waals surface area (Å²) >= 11 is 0. The van der Waals surface area contributed by atoms with Crippen molar-refractivity contribution in [3.8, 4) is 6.07 Å². The van der Waals surface area contributed by atoms with Gasteiger partial charge in [0.15, 0.2) is 0 Å². The summed E-state index contributed by atoms with van der Waals surface area (Å²) in [5.41, 5.74) is 0. The van der Waals surface area contributed by atoms with E-state index in [2.05, 4.69) is 0 Å². The zero-order chi connectivity index (χ0) is 12.6. The van der Waals surface area contributed by atoms with Gasteiger partial charge in [0.1, 0.15) is 0 Å². The SMILES string of the molecule is CN(CCC#N)C(=O)NC(=O)CCC(=O)O. The summed E-state index contributed by atoms with van der Waals surface area (Å²) < 4.78 is 0. The van der Waals surface area contributed by atoms with Gasteiger partial charge in [-0.3, -0.25) is 14.9 Å². The molecular weight excluding hydrogens is 214 g/mol. The van der Waals surface area contributed by atoms with E-state index in [9.17, 15) is 14.4 Å². The molecule has 0 saturated heterocycles. The standard InChI is InChI=1S/C9H13N3O4/c1-12(6-2-5-10)9(16)11-7(13)3-4-8(14)15/h2-4,6H2,1H3,(H,14,15)(H,11,13,16). The molecule has 0 rings (SSSR count). The molecular formula is C9H13N3O4. The first-order valence-electron chi connectivity index (χ1n) is 4.61. The molecule has 0 radical (unpaired) electrons. The minimum atomic E-state index is -1.10. The molecule has 16 heavy (non-hydrogen) atoms. The van der Waals surface area contributed by atoms with Gasteiger partial charge in [-0.15, -0.1) is 0 Å². The van der Waals surface area contributed by atoms with E-state index in [0.717, 1.165) is 0 Å².